The third kappa shape index (κ3) is 5.93. The van der Waals surface area contributed by atoms with Crippen molar-refractivity contribution in [3.05, 3.63) is 82.0 Å². The summed E-state index contributed by atoms with van der Waals surface area (Å²) in [5.41, 5.74) is 3.14. The lowest BCUT2D eigenvalue weighted by atomic mass is 10.1. The molecule has 0 fully saturated rings. The van der Waals surface area contributed by atoms with Gasteiger partial charge in [0, 0.05) is 36.9 Å². The Morgan fingerprint density at radius 2 is 1.79 bits per heavy atom. The number of rotatable bonds is 8. The van der Waals surface area contributed by atoms with Gasteiger partial charge >= 0.3 is 0 Å². The van der Waals surface area contributed by atoms with Gasteiger partial charge in [0.2, 0.25) is 5.91 Å². The molecule has 150 valence electrons. The summed E-state index contributed by atoms with van der Waals surface area (Å²) in [6, 6.07) is 19.3. The third-order valence-corrected chi connectivity index (χ3v) is 5.34. The summed E-state index contributed by atoms with van der Waals surface area (Å²) in [5, 5.41) is 7.83. The third-order valence-electron chi connectivity index (χ3n) is 4.46. The number of carbonyl (C=O) groups is 2. The number of anilines is 2. The molecule has 0 saturated carbocycles. The minimum absolute atomic E-state index is 0.0968. The predicted molar refractivity (Wildman–Crippen MR) is 120 cm³/mol. The summed E-state index contributed by atoms with van der Waals surface area (Å²) in [7, 11) is 3.79. The van der Waals surface area contributed by atoms with Gasteiger partial charge in [0.1, 0.15) is 0 Å². The van der Waals surface area contributed by atoms with Gasteiger partial charge in [0.25, 0.3) is 5.91 Å². The number of benzene rings is 2. The molecular formula is C23H25N3O2S. The fraction of sp³-hybridized carbons (Fsp3) is 0.217. The summed E-state index contributed by atoms with van der Waals surface area (Å²) in [6.07, 6.45) is 1.09. The lowest BCUT2D eigenvalue weighted by molar-refractivity contribution is -0.115. The molecule has 3 aromatic rings. The van der Waals surface area contributed by atoms with Crippen LogP contribution in [0.5, 0.6) is 0 Å². The van der Waals surface area contributed by atoms with E-state index in [1.807, 2.05) is 79.0 Å². The summed E-state index contributed by atoms with van der Waals surface area (Å²) in [6.45, 7) is 0.546. The van der Waals surface area contributed by atoms with Crippen molar-refractivity contribution < 1.29 is 9.59 Å². The number of nitrogens with one attached hydrogen (secondary N) is 2. The van der Waals surface area contributed by atoms with Crippen molar-refractivity contribution in [1.82, 2.24) is 5.32 Å². The summed E-state index contributed by atoms with van der Waals surface area (Å²) in [5.74, 6) is -0.250. The van der Waals surface area contributed by atoms with E-state index in [1.54, 1.807) is 17.4 Å². The maximum Gasteiger partial charge on any atom is 0.253 e. The van der Waals surface area contributed by atoms with Crippen LogP contribution < -0.4 is 15.5 Å². The Morgan fingerprint density at radius 3 is 2.48 bits per heavy atom. The van der Waals surface area contributed by atoms with Crippen molar-refractivity contribution >= 4 is 34.5 Å². The first kappa shape index (κ1) is 20.6. The van der Waals surface area contributed by atoms with Gasteiger partial charge in [-0.2, -0.15) is 0 Å². The fourth-order valence-electron chi connectivity index (χ4n) is 3.02. The maximum absolute atomic E-state index is 12.8. The van der Waals surface area contributed by atoms with Crippen LogP contribution in [0.3, 0.4) is 0 Å². The molecule has 0 aliphatic rings. The van der Waals surface area contributed by atoms with Gasteiger partial charge in [-0.05, 0) is 41.6 Å². The summed E-state index contributed by atoms with van der Waals surface area (Å²) < 4.78 is 0. The molecule has 2 aromatic carbocycles. The first-order valence-corrected chi connectivity index (χ1v) is 10.4. The van der Waals surface area contributed by atoms with Crippen LogP contribution in [0, 0.1) is 0 Å². The van der Waals surface area contributed by atoms with Gasteiger partial charge in [0.15, 0.2) is 0 Å². The van der Waals surface area contributed by atoms with E-state index >= 15 is 0 Å². The monoisotopic (exact) mass is 407 g/mol. The molecule has 0 saturated heterocycles. The molecule has 3 rings (SSSR count). The molecule has 0 aliphatic carbocycles. The van der Waals surface area contributed by atoms with Gasteiger partial charge in [-0.1, -0.05) is 36.4 Å². The second kappa shape index (κ2) is 9.89. The second-order valence-electron chi connectivity index (χ2n) is 6.92. The first-order chi connectivity index (χ1) is 14.0. The first-order valence-electron chi connectivity index (χ1n) is 9.48. The Hall–Kier alpha value is -3.12. The highest BCUT2D eigenvalue weighted by atomic mass is 32.1. The molecule has 0 spiro atoms. The standard InChI is InChI=1S/C23H25N3O2S/c1-26(2)21-11-10-18(25-22(27)16-19-9-6-14-29-19)15-20(21)23(28)24-13-12-17-7-4-3-5-8-17/h3-11,14-15H,12-13,16H2,1-2H3,(H,24,28)(H,25,27). The maximum atomic E-state index is 12.8. The van der Waals surface area contributed by atoms with E-state index in [4.69, 9.17) is 0 Å². The number of nitrogens with zero attached hydrogens (tertiary/aromatic N) is 1. The van der Waals surface area contributed by atoms with Crippen molar-refractivity contribution in [2.75, 3.05) is 30.9 Å². The van der Waals surface area contributed by atoms with Gasteiger partial charge in [-0.3, -0.25) is 9.59 Å². The molecule has 0 aliphatic heterocycles. The molecule has 29 heavy (non-hydrogen) atoms. The second-order valence-corrected chi connectivity index (χ2v) is 7.95. The lowest BCUT2D eigenvalue weighted by Gasteiger charge is -2.18. The summed E-state index contributed by atoms with van der Waals surface area (Å²) >= 11 is 1.55. The van der Waals surface area contributed by atoms with Crippen LogP contribution in [0.15, 0.2) is 66.0 Å². The molecular weight excluding hydrogens is 382 g/mol. The van der Waals surface area contributed by atoms with Crippen LogP contribution in [-0.2, 0) is 17.6 Å². The predicted octanol–water partition coefficient (Wildman–Crippen LogP) is 3.97. The Bertz CT molecular complexity index is 954. The topological polar surface area (TPSA) is 61.4 Å². The molecule has 0 unspecified atom stereocenters. The molecule has 0 atom stereocenters. The van der Waals surface area contributed by atoms with E-state index < -0.39 is 0 Å². The SMILES string of the molecule is CN(C)c1ccc(NC(=O)Cc2cccs2)cc1C(=O)NCCc1ccccc1. The quantitative estimate of drug-likeness (QED) is 0.594. The highest BCUT2D eigenvalue weighted by Crippen LogP contribution is 2.23. The molecule has 5 nitrogen and oxygen atoms in total. The highest BCUT2D eigenvalue weighted by molar-refractivity contribution is 7.10. The molecule has 2 N–H and O–H groups in total. The molecule has 0 bridgehead atoms. The zero-order chi connectivity index (χ0) is 20.6. The molecule has 1 aromatic heterocycles. The largest absolute Gasteiger partial charge is 0.377 e. The minimum Gasteiger partial charge on any atom is -0.377 e. The normalized spacial score (nSPS) is 10.4. The van der Waals surface area contributed by atoms with E-state index in [2.05, 4.69) is 10.6 Å². The number of amides is 2. The van der Waals surface area contributed by atoms with E-state index in [-0.39, 0.29) is 11.8 Å². The minimum atomic E-state index is -0.154. The van der Waals surface area contributed by atoms with Crippen molar-refractivity contribution in [1.29, 1.82) is 0 Å². The number of carbonyl (C=O) groups excluding carboxylic acids is 2. The molecule has 1 heterocycles. The number of hydrogen-bond acceptors (Lipinski definition) is 4. The van der Waals surface area contributed by atoms with E-state index in [0.717, 1.165) is 17.0 Å². The van der Waals surface area contributed by atoms with Crippen LogP contribution >= 0.6 is 11.3 Å². The van der Waals surface area contributed by atoms with E-state index in [0.29, 0.717) is 24.2 Å². The fourth-order valence-corrected chi connectivity index (χ4v) is 3.73. The van der Waals surface area contributed by atoms with Crippen molar-refractivity contribution in [2.24, 2.45) is 0 Å². The van der Waals surface area contributed by atoms with Crippen molar-refractivity contribution in [2.45, 2.75) is 12.8 Å². The van der Waals surface area contributed by atoms with Crippen LogP contribution in [0.25, 0.3) is 0 Å². The number of hydrogen-bond donors (Lipinski definition) is 2. The average molecular weight is 408 g/mol. The molecule has 2 amide bonds. The van der Waals surface area contributed by atoms with Gasteiger partial charge in [0.05, 0.1) is 12.0 Å². The Morgan fingerprint density at radius 1 is 1.00 bits per heavy atom. The zero-order valence-corrected chi connectivity index (χ0v) is 17.5. The lowest BCUT2D eigenvalue weighted by Crippen LogP contribution is -2.28. The van der Waals surface area contributed by atoms with Gasteiger partial charge < -0.3 is 15.5 Å². The van der Waals surface area contributed by atoms with Crippen LogP contribution in [0.4, 0.5) is 11.4 Å². The van der Waals surface area contributed by atoms with Gasteiger partial charge in [-0.25, -0.2) is 0 Å². The van der Waals surface area contributed by atoms with Gasteiger partial charge in [-0.15, -0.1) is 11.3 Å². The Kier molecular flexibility index (Phi) is 7.03. The van der Waals surface area contributed by atoms with Crippen LogP contribution in [-0.4, -0.2) is 32.5 Å². The van der Waals surface area contributed by atoms with E-state index in [1.165, 1.54) is 5.56 Å². The Labute approximate surface area is 175 Å². The van der Waals surface area contributed by atoms with Crippen LogP contribution in [0.2, 0.25) is 0 Å². The zero-order valence-electron chi connectivity index (χ0n) is 16.6. The van der Waals surface area contributed by atoms with E-state index in [9.17, 15) is 9.59 Å². The summed E-state index contributed by atoms with van der Waals surface area (Å²) in [4.78, 5) is 28.0. The van der Waals surface area contributed by atoms with Crippen molar-refractivity contribution in [3.63, 3.8) is 0 Å². The van der Waals surface area contributed by atoms with Crippen molar-refractivity contribution in [3.8, 4) is 0 Å². The smallest absolute Gasteiger partial charge is 0.253 e. The van der Waals surface area contributed by atoms with Crippen LogP contribution in [0.1, 0.15) is 20.8 Å². The number of thiophene rings is 1. The molecule has 0 radical (unpaired) electrons. The Balaban J connectivity index is 1.67. The highest BCUT2D eigenvalue weighted by Gasteiger charge is 2.15. The molecule has 6 heteroatoms. The average Bonchev–Trinajstić information content (AvgIpc) is 3.21.